The van der Waals surface area contributed by atoms with Crippen LogP contribution in [0.5, 0.6) is 0 Å². The molecule has 7 nitrogen and oxygen atoms in total. The van der Waals surface area contributed by atoms with E-state index in [1.165, 1.54) is 4.67 Å². The molecule has 1 unspecified atom stereocenters. The number of amides is 1. The van der Waals surface area contributed by atoms with Crippen molar-refractivity contribution in [3.8, 4) is 6.07 Å². The Kier molecular flexibility index (Phi) is 10.3. The Balaban J connectivity index is 4.87. The molecule has 0 fully saturated rings. The number of alkyl halides is 3. The van der Waals surface area contributed by atoms with E-state index in [1.807, 2.05) is 39.1 Å². The zero-order valence-electron chi connectivity index (χ0n) is 17.0. The van der Waals surface area contributed by atoms with Crippen LogP contribution in [0.25, 0.3) is 0 Å². The fourth-order valence-corrected chi connectivity index (χ4v) is 6.65. The number of rotatable bonds is 12. The van der Waals surface area contributed by atoms with Crippen molar-refractivity contribution in [2.24, 2.45) is 11.4 Å². The summed E-state index contributed by atoms with van der Waals surface area (Å²) in [6.45, 7) is 7.12. The summed E-state index contributed by atoms with van der Waals surface area (Å²) >= 11 is 0. The fraction of sp³-hybridized carbons (Fsp3) is 0.882. The molecule has 0 aromatic heterocycles. The minimum absolute atomic E-state index is 0.0625. The van der Waals surface area contributed by atoms with Crippen molar-refractivity contribution in [2.45, 2.75) is 78.1 Å². The van der Waals surface area contributed by atoms with Gasteiger partial charge in [0.15, 0.2) is 0 Å². The van der Waals surface area contributed by atoms with Crippen LogP contribution in [0.15, 0.2) is 0 Å². The van der Waals surface area contributed by atoms with Gasteiger partial charge in [0.25, 0.3) is 0 Å². The standard InChI is InChI=1S/C17H34F3N4O3P/c1-13(2)24(14(3)4)28(22,26,27)12-9-15(7-5-10-21)8-6-11-23-16(25)17(18,19)20/h13-15,26-27H,5-9,11-12,22H2,1-4H3,(H,23,25). The molecule has 0 bridgehead atoms. The van der Waals surface area contributed by atoms with Gasteiger partial charge in [-0.25, -0.2) is 0 Å². The van der Waals surface area contributed by atoms with Crippen LogP contribution in [0.1, 0.15) is 59.8 Å². The van der Waals surface area contributed by atoms with Crippen LogP contribution in [-0.2, 0) is 4.79 Å². The van der Waals surface area contributed by atoms with Crippen molar-refractivity contribution in [3.63, 3.8) is 0 Å². The van der Waals surface area contributed by atoms with Crippen LogP contribution in [0, 0.1) is 17.2 Å². The van der Waals surface area contributed by atoms with E-state index in [0.717, 1.165) is 0 Å². The van der Waals surface area contributed by atoms with Gasteiger partial charge in [-0.3, -0.25) is 0 Å². The maximum absolute atomic E-state index is 12.2. The molecule has 0 rings (SSSR count). The van der Waals surface area contributed by atoms with E-state index in [2.05, 4.69) is 0 Å². The summed E-state index contributed by atoms with van der Waals surface area (Å²) in [6.07, 6.45) is -3.21. The summed E-state index contributed by atoms with van der Waals surface area (Å²) in [5.41, 5.74) is 6.05. The van der Waals surface area contributed by atoms with E-state index >= 15 is 0 Å². The van der Waals surface area contributed by atoms with Crippen molar-refractivity contribution in [1.82, 2.24) is 9.99 Å². The summed E-state index contributed by atoms with van der Waals surface area (Å²) in [7, 11) is -4.60. The molecule has 0 aliphatic rings. The minimum atomic E-state index is -4.91. The molecule has 0 spiro atoms. The first kappa shape index (κ1) is 27.0. The van der Waals surface area contributed by atoms with Crippen LogP contribution in [0.4, 0.5) is 13.2 Å². The Morgan fingerprint density at radius 3 is 2.14 bits per heavy atom. The normalized spacial score (nSPS) is 15.4. The number of nitrogens with zero attached hydrogens (tertiary/aromatic N) is 2. The molecule has 28 heavy (non-hydrogen) atoms. The average Bonchev–Trinajstić information content (AvgIpc) is 2.50. The van der Waals surface area contributed by atoms with Crippen molar-refractivity contribution in [1.29, 1.82) is 5.26 Å². The third-order valence-corrected chi connectivity index (χ3v) is 7.57. The molecule has 0 aliphatic carbocycles. The molecule has 0 heterocycles. The Morgan fingerprint density at radius 2 is 1.71 bits per heavy atom. The fourth-order valence-electron chi connectivity index (χ4n) is 3.54. The Bertz CT molecular complexity index is 534. The Hall–Kier alpha value is -0.980. The zero-order valence-corrected chi connectivity index (χ0v) is 17.9. The maximum atomic E-state index is 12.2. The first-order chi connectivity index (χ1) is 12.6. The van der Waals surface area contributed by atoms with Gasteiger partial charge in [0.1, 0.15) is 0 Å². The van der Waals surface area contributed by atoms with E-state index in [9.17, 15) is 27.8 Å². The van der Waals surface area contributed by atoms with Crippen LogP contribution in [0.2, 0.25) is 0 Å². The van der Waals surface area contributed by atoms with Crippen LogP contribution in [0.3, 0.4) is 0 Å². The Labute approximate surface area is 165 Å². The number of hydrogen-bond acceptors (Lipinski definition) is 6. The van der Waals surface area contributed by atoms with Gasteiger partial charge in [-0.1, -0.05) is 0 Å². The van der Waals surface area contributed by atoms with Gasteiger partial charge in [-0.05, 0) is 0 Å². The molecule has 0 radical (unpaired) electrons. The number of nitriles is 1. The van der Waals surface area contributed by atoms with Crippen LogP contribution in [-0.4, -0.2) is 51.3 Å². The van der Waals surface area contributed by atoms with Crippen molar-refractivity contribution in [2.75, 3.05) is 12.7 Å². The van der Waals surface area contributed by atoms with Gasteiger partial charge in [-0.2, -0.15) is 0 Å². The van der Waals surface area contributed by atoms with Crippen molar-refractivity contribution >= 4 is 13.3 Å². The van der Waals surface area contributed by atoms with E-state index in [4.69, 9.17) is 10.8 Å². The summed E-state index contributed by atoms with van der Waals surface area (Å²) in [5.74, 6) is -2.10. The van der Waals surface area contributed by atoms with Crippen LogP contribution < -0.4 is 10.8 Å². The van der Waals surface area contributed by atoms with Gasteiger partial charge in [-0.15, -0.1) is 0 Å². The van der Waals surface area contributed by atoms with E-state index in [1.54, 1.807) is 0 Å². The summed E-state index contributed by atoms with van der Waals surface area (Å²) in [4.78, 5) is 32.5. The molecule has 0 aliphatic heterocycles. The van der Waals surface area contributed by atoms with Gasteiger partial charge < -0.3 is 0 Å². The SMILES string of the molecule is CC(C)N(C(C)C)P(N)(O)(O)CCC(CCC#N)CCCNC(=O)C(F)(F)F. The molecule has 0 saturated carbocycles. The molecule has 0 aromatic carbocycles. The predicted molar refractivity (Wildman–Crippen MR) is 104 cm³/mol. The number of carbonyl (C=O) groups excluding carboxylic acids is 1. The van der Waals surface area contributed by atoms with Gasteiger partial charge in [0.05, 0.1) is 0 Å². The molecule has 166 valence electrons. The van der Waals surface area contributed by atoms with Gasteiger partial charge >= 0.3 is 165 Å². The number of halogens is 3. The molecule has 5 N–H and O–H groups in total. The summed E-state index contributed by atoms with van der Waals surface area (Å²) in [5, 5.41) is 10.6. The first-order valence-corrected chi connectivity index (χ1v) is 11.8. The number of nitrogens with two attached hydrogens (primary N) is 1. The van der Waals surface area contributed by atoms with Crippen molar-refractivity contribution in [3.05, 3.63) is 0 Å². The second-order valence-electron chi connectivity index (χ2n) is 7.76. The van der Waals surface area contributed by atoms with E-state index in [0.29, 0.717) is 19.3 Å². The topological polar surface area (TPSA) is 123 Å². The third-order valence-electron chi connectivity index (χ3n) is 4.52. The first-order valence-electron chi connectivity index (χ1n) is 9.43. The van der Waals surface area contributed by atoms with E-state index in [-0.39, 0.29) is 43.5 Å². The molecular formula is C17H34F3N4O3P. The number of hydrogen-bond donors (Lipinski definition) is 4. The Morgan fingerprint density at radius 1 is 1.18 bits per heavy atom. The zero-order chi connectivity index (χ0) is 22.2. The number of nitrogens with one attached hydrogen (secondary N) is 1. The monoisotopic (exact) mass is 430 g/mol. The molecular weight excluding hydrogens is 396 g/mol. The molecule has 1 amide bonds. The predicted octanol–water partition coefficient (Wildman–Crippen LogP) is 3.03. The third kappa shape index (κ3) is 9.48. The van der Waals surface area contributed by atoms with Crippen molar-refractivity contribution < 1.29 is 27.8 Å². The second-order valence-corrected chi connectivity index (χ2v) is 11.1. The summed E-state index contributed by atoms with van der Waals surface area (Å²) < 4.78 is 38.1. The molecule has 0 saturated heterocycles. The summed E-state index contributed by atoms with van der Waals surface area (Å²) in [6, 6.07) is 1.64. The quantitative estimate of drug-likeness (QED) is 0.279. The average molecular weight is 430 g/mol. The molecule has 0 aromatic rings. The molecule has 11 heteroatoms. The molecule has 1 atom stereocenters. The van der Waals surface area contributed by atoms with E-state index < -0.39 is 19.4 Å². The number of carbonyl (C=O) groups is 1. The van der Waals surface area contributed by atoms with Gasteiger partial charge in [0, 0.05) is 0 Å². The van der Waals surface area contributed by atoms with Gasteiger partial charge in [0.2, 0.25) is 0 Å². The van der Waals surface area contributed by atoms with Crippen LogP contribution >= 0.6 is 7.36 Å². The second kappa shape index (κ2) is 10.7.